The maximum absolute atomic E-state index is 12.1. The molecular formula is C15H12ClNO3. The molecule has 0 fully saturated rings. The van der Waals surface area contributed by atoms with Crippen molar-refractivity contribution in [2.45, 2.75) is 6.10 Å². The Labute approximate surface area is 121 Å². The van der Waals surface area contributed by atoms with Crippen LogP contribution in [0.3, 0.4) is 0 Å². The number of anilines is 1. The van der Waals surface area contributed by atoms with Gasteiger partial charge in [-0.15, -0.1) is 0 Å². The van der Waals surface area contributed by atoms with E-state index < -0.39 is 6.10 Å². The van der Waals surface area contributed by atoms with Crippen LogP contribution in [0.5, 0.6) is 11.5 Å². The maximum atomic E-state index is 12.1. The Hall–Kier alpha value is -2.20. The second-order valence-corrected chi connectivity index (χ2v) is 4.80. The average molecular weight is 290 g/mol. The molecule has 0 aliphatic carbocycles. The number of fused-ring (bicyclic) bond motifs is 1. The zero-order valence-corrected chi connectivity index (χ0v) is 11.3. The molecule has 0 saturated carbocycles. The summed E-state index contributed by atoms with van der Waals surface area (Å²) in [6, 6.07) is 14.2. The Morgan fingerprint density at radius 3 is 2.55 bits per heavy atom. The highest BCUT2D eigenvalue weighted by Crippen LogP contribution is 2.31. The number of hydrogen-bond donors (Lipinski definition) is 1. The van der Waals surface area contributed by atoms with E-state index in [9.17, 15) is 4.79 Å². The molecule has 1 unspecified atom stereocenters. The van der Waals surface area contributed by atoms with Crippen molar-refractivity contribution in [3.8, 4) is 11.5 Å². The first kappa shape index (κ1) is 12.8. The minimum absolute atomic E-state index is 0.191. The van der Waals surface area contributed by atoms with Crippen LogP contribution in [0.15, 0.2) is 48.5 Å². The van der Waals surface area contributed by atoms with Gasteiger partial charge in [-0.05, 0) is 36.4 Å². The monoisotopic (exact) mass is 289 g/mol. The van der Waals surface area contributed by atoms with E-state index in [0.717, 1.165) is 0 Å². The van der Waals surface area contributed by atoms with Gasteiger partial charge in [-0.2, -0.15) is 0 Å². The van der Waals surface area contributed by atoms with Gasteiger partial charge in [0.05, 0.1) is 0 Å². The molecule has 1 aliphatic rings. The van der Waals surface area contributed by atoms with Crippen LogP contribution < -0.4 is 14.8 Å². The second kappa shape index (κ2) is 5.43. The summed E-state index contributed by atoms with van der Waals surface area (Å²) in [6.07, 6.45) is -0.666. The van der Waals surface area contributed by atoms with Gasteiger partial charge < -0.3 is 14.8 Å². The Morgan fingerprint density at radius 2 is 1.80 bits per heavy atom. The second-order valence-electron chi connectivity index (χ2n) is 4.36. The highest BCUT2D eigenvalue weighted by atomic mass is 35.5. The van der Waals surface area contributed by atoms with Gasteiger partial charge in [0.1, 0.15) is 6.61 Å². The summed E-state index contributed by atoms with van der Waals surface area (Å²) in [5, 5.41) is 3.39. The number of hydrogen-bond acceptors (Lipinski definition) is 3. The van der Waals surface area contributed by atoms with Gasteiger partial charge in [0.15, 0.2) is 11.5 Å². The molecule has 0 radical (unpaired) electrons. The van der Waals surface area contributed by atoms with Crippen LogP contribution in [0, 0.1) is 0 Å². The molecule has 102 valence electrons. The van der Waals surface area contributed by atoms with Crippen LogP contribution in [0.2, 0.25) is 5.02 Å². The van der Waals surface area contributed by atoms with Crippen LogP contribution in [-0.4, -0.2) is 18.6 Å². The quantitative estimate of drug-likeness (QED) is 0.924. The number of halogens is 1. The number of amides is 1. The van der Waals surface area contributed by atoms with Crippen molar-refractivity contribution >= 4 is 23.2 Å². The molecule has 0 spiro atoms. The van der Waals surface area contributed by atoms with E-state index in [-0.39, 0.29) is 12.5 Å². The zero-order chi connectivity index (χ0) is 13.9. The van der Waals surface area contributed by atoms with Crippen LogP contribution in [0.1, 0.15) is 0 Å². The lowest BCUT2D eigenvalue weighted by Crippen LogP contribution is -2.40. The average Bonchev–Trinajstić information content (AvgIpc) is 2.49. The Kier molecular flexibility index (Phi) is 3.48. The first-order chi connectivity index (χ1) is 9.72. The van der Waals surface area contributed by atoms with E-state index in [4.69, 9.17) is 21.1 Å². The molecule has 20 heavy (non-hydrogen) atoms. The third kappa shape index (κ3) is 2.70. The fourth-order valence-corrected chi connectivity index (χ4v) is 2.03. The first-order valence-electron chi connectivity index (χ1n) is 6.17. The standard InChI is InChI=1S/C15H12ClNO3/c16-10-5-7-11(8-6-10)17-15(18)14-9-19-12-3-1-2-4-13(12)20-14/h1-8,14H,9H2,(H,17,18). The number of para-hydroxylation sites is 2. The molecule has 1 atom stereocenters. The fraction of sp³-hybridized carbons (Fsp3) is 0.133. The fourth-order valence-electron chi connectivity index (χ4n) is 1.90. The molecule has 0 bridgehead atoms. The molecule has 4 nitrogen and oxygen atoms in total. The molecule has 1 N–H and O–H groups in total. The Morgan fingerprint density at radius 1 is 1.10 bits per heavy atom. The van der Waals surface area contributed by atoms with E-state index in [0.29, 0.717) is 22.2 Å². The number of rotatable bonds is 2. The number of carbonyl (C=O) groups excluding carboxylic acids is 1. The SMILES string of the molecule is O=C(Nc1ccc(Cl)cc1)C1COc2ccccc2O1. The lowest BCUT2D eigenvalue weighted by Gasteiger charge is -2.25. The minimum atomic E-state index is -0.666. The van der Waals surface area contributed by atoms with Crippen molar-refractivity contribution in [3.05, 3.63) is 53.6 Å². The van der Waals surface area contributed by atoms with Gasteiger partial charge in [0.2, 0.25) is 6.10 Å². The molecule has 1 amide bonds. The van der Waals surface area contributed by atoms with Crippen molar-refractivity contribution in [3.63, 3.8) is 0 Å². The van der Waals surface area contributed by atoms with Gasteiger partial charge in [-0.25, -0.2) is 0 Å². The van der Waals surface area contributed by atoms with Crippen molar-refractivity contribution in [1.29, 1.82) is 0 Å². The normalized spacial score (nSPS) is 16.6. The minimum Gasteiger partial charge on any atom is -0.485 e. The summed E-state index contributed by atoms with van der Waals surface area (Å²) in [5.74, 6) is 0.986. The summed E-state index contributed by atoms with van der Waals surface area (Å²) in [6.45, 7) is 0.191. The van der Waals surface area contributed by atoms with E-state index in [1.807, 2.05) is 18.2 Å². The third-order valence-corrected chi connectivity index (χ3v) is 3.16. The van der Waals surface area contributed by atoms with E-state index >= 15 is 0 Å². The largest absolute Gasteiger partial charge is 0.485 e. The molecule has 3 rings (SSSR count). The lowest BCUT2D eigenvalue weighted by molar-refractivity contribution is -0.125. The van der Waals surface area contributed by atoms with Crippen molar-refractivity contribution < 1.29 is 14.3 Å². The van der Waals surface area contributed by atoms with E-state index in [1.54, 1.807) is 30.3 Å². The molecule has 0 aromatic heterocycles. The van der Waals surface area contributed by atoms with Gasteiger partial charge in [-0.3, -0.25) is 4.79 Å². The predicted molar refractivity (Wildman–Crippen MR) is 76.4 cm³/mol. The first-order valence-corrected chi connectivity index (χ1v) is 6.55. The van der Waals surface area contributed by atoms with Gasteiger partial charge >= 0.3 is 0 Å². The number of ether oxygens (including phenoxy) is 2. The molecule has 1 heterocycles. The lowest BCUT2D eigenvalue weighted by atomic mass is 10.2. The van der Waals surface area contributed by atoms with Crippen molar-refractivity contribution in [2.75, 3.05) is 11.9 Å². The smallest absolute Gasteiger partial charge is 0.269 e. The zero-order valence-electron chi connectivity index (χ0n) is 10.5. The van der Waals surface area contributed by atoms with Crippen molar-refractivity contribution in [2.24, 2.45) is 0 Å². The number of nitrogens with one attached hydrogen (secondary N) is 1. The summed E-state index contributed by atoms with van der Waals surface area (Å²) in [4.78, 5) is 12.1. The summed E-state index contributed by atoms with van der Waals surface area (Å²) >= 11 is 5.80. The van der Waals surface area contributed by atoms with Gasteiger partial charge in [0, 0.05) is 10.7 Å². The molecule has 0 saturated heterocycles. The molecule has 1 aliphatic heterocycles. The molecule has 2 aromatic carbocycles. The van der Waals surface area contributed by atoms with Crippen LogP contribution >= 0.6 is 11.6 Å². The third-order valence-electron chi connectivity index (χ3n) is 2.91. The van der Waals surface area contributed by atoms with Crippen LogP contribution in [-0.2, 0) is 4.79 Å². The highest BCUT2D eigenvalue weighted by Gasteiger charge is 2.27. The Balaban J connectivity index is 1.68. The highest BCUT2D eigenvalue weighted by molar-refractivity contribution is 6.30. The van der Waals surface area contributed by atoms with E-state index in [1.165, 1.54) is 0 Å². The van der Waals surface area contributed by atoms with Gasteiger partial charge in [0.25, 0.3) is 5.91 Å². The van der Waals surface area contributed by atoms with Crippen LogP contribution in [0.4, 0.5) is 5.69 Å². The number of benzene rings is 2. The van der Waals surface area contributed by atoms with Crippen molar-refractivity contribution in [1.82, 2.24) is 0 Å². The molecule has 2 aromatic rings. The Bertz CT molecular complexity index is 627. The summed E-state index contributed by atoms with van der Waals surface area (Å²) in [7, 11) is 0. The van der Waals surface area contributed by atoms with Crippen LogP contribution in [0.25, 0.3) is 0 Å². The summed E-state index contributed by atoms with van der Waals surface area (Å²) in [5.41, 5.74) is 0.668. The molecular weight excluding hydrogens is 278 g/mol. The topological polar surface area (TPSA) is 47.6 Å². The maximum Gasteiger partial charge on any atom is 0.269 e. The number of carbonyl (C=O) groups is 1. The summed E-state index contributed by atoms with van der Waals surface area (Å²) < 4.78 is 11.1. The van der Waals surface area contributed by atoms with E-state index in [2.05, 4.69) is 5.32 Å². The molecule has 5 heteroatoms. The van der Waals surface area contributed by atoms with Gasteiger partial charge in [-0.1, -0.05) is 23.7 Å². The predicted octanol–water partition coefficient (Wildman–Crippen LogP) is 3.12.